The molecule has 19 heavy (non-hydrogen) atoms. The molecule has 1 unspecified atom stereocenters. The van der Waals surface area contributed by atoms with E-state index in [0.29, 0.717) is 6.10 Å². The van der Waals surface area contributed by atoms with Crippen molar-refractivity contribution in [3.05, 3.63) is 29.8 Å². The molecule has 1 heterocycles. The SMILES string of the molecule is CCCOC1CCCN(c2ccccc2[C@H](C)N)C1. The number of nitrogens with two attached hydrogens (primary N) is 1. The van der Waals surface area contributed by atoms with Gasteiger partial charge in [0, 0.05) is 31.4 Å². The van der Waals surface area contributed by atoms with Gasteiger partial charge in [0.05, 0.1) is 6.10 Å². The van der Waals surface area contributed by atoms with Crippen LogP contribution in [0.4, 0.5) is 5.69 Å². The summed E-state index contributed by atoms with van der Waals surface area (Å²) >= 11 is 0. The Kier molecular flexibility index (Phi) is 5.23. The average molecular weight is 262 g/mol. The van der Waals surface area contributed by atoms with E-state index in [1.807, 2.05) is 6.92 Å². The van der Waals surface area contributed by atoms with Crippen LogP contribution in [-0.4, -0.2) is 25.8 Å². The van der Waals surface area contributed by atoms with Gasteiger partial charge in [0.2, 0.25) is 0 Å². The Morgan fingerprint density at radius 2 is 2.21 bits per heavy atom. The highest BCUT2D eigenvalue weighted by Crippen LogP contribution is 2.28. The van der Waals surface area contributed by atoms with Gasteiger partial charge < -0.3 is 15.4 Å². The van der Waals surface area contributed by atoms with Gasteiger partial charge >= 0.3 is 0 Å². The molecule has 0 spiro atoms. The van der Waals surface area contributed by atoms with E-state index in [1.165, 1.54) is 24.1 Å². The molecular weight excluding hydrogens is 236 g/mol. The highest BCUT2D eigenvalue weighted by atomic mass is 16.5. The number of hydrogen-bond acceptors (Lipinski definition) is 3. The Labute approximate surface area is 116 Å². The van der Waals surface area contributed by atoms with E-state index < -0.39 is 0 Å². The monoisotopic (exact) mass is 262 g/mol. The third-order valence-electron chi connectivity index (χ3n) is 3.70. The second kappa shape index (κ2) is 6.92. The van der Waals surface area contributed by atoms with Gasteiger partial charge in [0.25, 0.3) is 0 Å². The first-order valence-corrected chi connectivity index (χ1v) is 7.43. The summed E-state index contributed by atoms with van der Waals surface area (Å²) in [6.45, 7) is 7.17. The average Bonchev–Trinajstić information content (AvgIpc) is 2.45. The molecule has 1 aliphatic heterocycles. The number of anilines is 1. The standard InChI is InChI=1S/C16H26N2O/c1-3-11-19-14-7-6-10-18(12-14)16-9-5-4-8-15(16)13(2)17/h4-5,8-9,13-14H,3,6-7,10-12,17H2,1-2H3/t13-,14?/m0/s1. The van der Waals surface area contributed by atoms with Crippen LogP contribution >= 0.6 is 0 Å². The van der Waals surface area contributed by atoms with Gasteiger partial charge in [-0.1, -0.05) is 25.1 Å². The van der Waals surface area contributed by atoms with Crippen LogP contribution in [0.25, 0.3) is 0 Å². The highest BCUT2D eigenvalue weighted by Gasteiger charge is 2.22. The lowest BCUT2D eigenvalue weighted by molar-refractivity contribution is 0.0440. The smallest absolute Gasteiger partial charge is 0.0750 e. The molecule has 0 aromatic heterocycles. The van der Waals surface area contributed by atoms with Crippen LogP contribution in [0, 0.1) is 0 Å². The number of piperidine rings is 1. The van der Waals surface area contributed by atoms with Gasteiger partial charge in [0.1, 0.15) is 0 Å². The van der Waals surface area contributed by atoms with Gasteiger partial charge in [-0.15, -0.1) is 0 Å². The summed E-state index contributed by atoms with van der Waals surface area (Å²) in [5, 5.41) is 0. The second-order valence-electron chi connectivity index (χ2n) is 5.43. The molecule has 1 aromatic carbocycles. The van der Waals surface area contributed by atoms with Gasteiger partial charge in [-0.3, -0.25) is 0 Å². The van der Waals surface area contributed by atoms with E-state index in [1.54, 1.807) is 0 Å². The predicted molar refractivity (Wildman–Crippen MR) is 80.5 cm³/mol. The molecule has 0 bridgehead atoms. The van der Waals surface area contributed by atoms with Crippen molar-refractivity contribution in [2.24, 2.45) is 5.73 Å². The second-order valence-corrected chi connectivity index (χ2v) is 5.43. The lowest BCUT2D eigenvalue weighted by Gasteiger charge is -2.36. The third-order valence-corrected chi connectivity index (χ3v) is 3.70. The molecule has 1 aromatic rings. The molecule has 2 rings (SSSR count). The Hall–Kier alpha value is -1.06. The minimum absolute atomic E-state index is 0.0770. The Bertz CT molecular complexity index is 392. The molecule has 1 aliphatic rings. The first-order chi connectivity index (χ1) is 9.22. The van der Waals surface area contributed by atoms with Crippen molar-refractivity contribution < 1.29 is 4.74 Å². The molecule has 0 aliphatic carbocycles. The summed E-state index contributed by atoms with van der Waals surface area (Å²) in [7, 11) is 0. The van der Waals surface area contributed by atoms with Crippen molar-refractivity contribution in [2.75, 3.05) is 24.6 Å². The Morgan fingerprint density at radius 1 is 1.42 bits per heavy atom. The van der Waals surface area contributed by atoms with E-state index in [2.05, 4.69) is 36.1 Å². The zero-order valence-electron chi connectivity index (χ0n) is 12.1. The fraction of sp³-hybridized carbons (Fsp3) is 0.625. The van der Waals surface area contributed by atoms with Gasteiger partial charge in [0.15, 0.2) is 0 Å². The largest absolute Gasteiger partial charge is 0.376 e. The molecule has 3 heteroatoms. The molecule has 0 amide bonds. The van der Waals surface area contributed by atoms with Crippen LogP contribution < -0.4 is 10.6 Å². The van der Waals surface area contributed by atoms with Crippen LogP contribution in [0.1, 0.15) is 44.7 Å². The molecular formula is C16H26N2O. The summed E-state index contributed by atoms with van der Waals surface area (Å²) in [6.07, 6.45) is 3.83. The van der Waals surface area contributed by atoms with Crippen molar-refractivity contribution in [1.82, 2.24) is 0 Å². The van der Waals surface area contributed by atoms with Crippen molar-refractivity contribution in [3.8, 4) is 0 Å². The summed E-state index contributed by atoms with van der Waals surface area (Å²) in [4.78, 5) is 2.43. The Balaban J connectivity index is 2.08. The molecule has 2 atom stereocenters. The maximum atomic E-state index is 6.08. The van der Waals surface area contributed by atoms with Crippen molar-refractivity contribution in [1.29, 1.82) is 0 Å². The molecule has 1 saturated heterocycles. The highest BCUT2D eigenvalue weighted by molar-refractivity contribution is 5.55. The van der Waals surface area contributed by atoms with E-state index in [9.17, 15) is 0 Å². The fourth-order valence-electron chi connectivity index (χ4n) is 2.74. The first-order valence-electron chi connectivity index (χ1n) is 7.43. The molecule has 0 radical (unpaired) electrons. The van der Waals surface area contributed by atoms with Crippen LogP contribution in [-0.2, 0) is 4.74 Å². The zero-order chi connectivity index (χ0) is 13.7. The number of ether oxygens (including phenoxy) is 1. The van der Waals surface area contributed by atoms with Crippen molar-refractivity contribution in [3.63, 3.8) is 0 Å². The minimum atomic E-state index is 0.0770. The summed E-state index contributed by atoms with van der Waals surface area (Å²) in [6, 6.07) is 8.56. The predicted octanol–water partition coefficient (Wildman–Crippen LogP) is 3.10. The van der Waals surface area contributed by atoms with Crippen LogP contribution in [0.5, 0.6) is 0 Å². The molecule has 3 nitrogen and oxygen atoms in total. The van der Waals surface area contributed by atoms with Crippen LogP contribution in [0.3, 0.4) is 0 Å². The molecule has 0 saturated carbocycles. The van der Waals surface area contributed by atoms with E-state index in [-0.39, 0.29) is 6.04 Å². The third kappa shape index (κ3) is 3.71. The van der Waals surface area contributed by atoms with Crippen LogP contribution in [0.15, 0.2) is 24.3 Å². The zero-order valence-corrected chi connectivity index (χ0v) is 12.1. The fourth-order valence-corrected chi connectivity index (χ4v) is 2.74. The topological polar surface area (TPSA) is 38.5 Å². The maximum absolute atomic E-state index is 6.08. The van der Waals surface area contributed by atoms with Crippen molar-refractivity contribution in [2.45, 2.75) is 45.3 Å². The maximum Gasteiger partial charge on any atom is 0.0750 e. The number of rotatable bonds is 5. The van der Waals surface area contributed by atoms with E-state index in [0.717, 1.165) is 26.1 Å². The molecule has 1 fully saturated rings. The lowest BCUT2D eigenvalue weighted by Crippen LogP contribution is -2.40. The summed E-state index contributed by atoms with van der Waals surface area (Å²) < 4.78 is 5.91. The minimum Gasteiger partial charge on any atom is -0.376 e. The quantitative estimate of drug-likeness (QED) is 0.886. The van der Waals surface area contributed by atoms with Crippen molar-refractivity contribution >= 4 is 5.69 Å². The van der Waals surface area contributed by atoms with Gasteiger partial charge in [-0.25, -0.2) is 0 Å². The van der Waals surface area contributed by atoms with Gasteiger partial charge in [-0.2, -0.15) is 0 Å². The molecule has 106 valence electrons. The Morgan fingerprint density at radius 3 is 2.95 bits per heavy atom. The van der Waals surface area contributed by atoms with E-state index >= 15 is 0 Å². The summed E-state index contributed by atoms with van der Waals surface area (Å²) in [5.41, 5.74) is 8.59. The van der Waals surface area contributed by atoms with Crippen LogP contribution in [0.2, 0.25) is 0 Å². The normalized spacial score (nSPS) is 21.4. The number of hydrogen-bond donors (Lipinski definition) is 1. The molecule has 2 N–H and O–H groups in total. The first kappa shape index (κ1) is 14.4. The number of para-hydroxylation sites is 1. The van der Waals surface area contributed by atoms with E-state index in [4.69, 9.17) is 10.5 Å². The van der Waals surface area contributed by atoms with Gasteiger partial charge in [-0.05, 0) is 37.8 Å². The number of benzene rings is 1. The lowest BCUT2D eigenvalue weighted by atomic mass is 10.0. The number of nitrogens with zero attached hydrogens (tertiary/aromatic N) is 1. The summed E-state index contributed by atoms with van der Waals surface area (Å²) in [5.74, 6) is 0.